The van der Waals surface area contributed by atoms with Crippen molar-refractivity contribution >= 4 is 5.97 Å². The summed E-state index contributed by atoms with van der Waals surface area (Å²) in [6.07, 6.45) is 2.24. The van der Waals surface area contributed by atoms with Gasteiger partial charge in [0.2, 0.25) is 0 Å². The van der Waals surface area contributed by atoms with Crippen LogP contribution in [0.5, 0.6) is 5.75 Å². The molecule has 1 saturated carbocycles. The number of methoxy groups -OCH3 is 2. The Morgan fingerprint density at radius 3 is 2.68 bits per heavy atom. The second kappa shape index (κ2) is 6.02. The number of carbonyl (C=O) groups excluding carboxylic acids is 1. The Morgan fingerprint density at radius 2 is 2.00 bits per heavy atom. The van der Waals surface area contributed by atoms with Crippen LogP contribution in [0, 0.1) is 5.82 Å². The first-order valence-corrected chi connectivity index (χ1v) is 6.23. The quantitative estimate of drug-likeness (QED) is 0.787. The van der Waals surface area contributed by atoms with E-state index in [1.165, 1.54) is 19.2 Å². The lowest BCUT2D eigenvalue weighted by atomic mass is 10.2. The highest BCUT2D eigenvalue weighted by Crippen LogP contribution is 2.27. The second-order valence-corrected chi connectivity index (χ2v) is 4.49. The molecule has 104 valence electrons. The number of hydrogen-bond donors (Lipinski definition) is 0. The zero-order valence-corrected chi connectivity index (χ0v) is 11.0. The third-order valence-electron chi connectivity index (χ3n) is 3.33. The Bertz CT molecular complexity index is 461. The van der Waals surface area contributed by atoms with E-state index >= 15 is 0 Å². The van der Waals surface area contributed by atoms with E-state index in [9.17, 15) is 9.18 Å². The maximum Gasteiger partial charge on any atom is 0.342 e. The Kier molecular flexibility index (Phi) is 4.37. The van der Waals surface area contributed by atoms with Gasteiger partial charge in [0, 0.05) is 7.11 Å². The lowest BCUT2D eigenvalue weighted by Gasteiger charge is -2.19. The minimum absolute atomic E-state index is 0.0801. The van der Waals surface area contributed by atoms with E-state index in [1.807, 2.05) is 0 Å². The predicted molar refractivity (Wildman–Crippen MR) is 66.8 cm³/mol. The summed E-state index contributed by atoms with van der Waals surface area (Å²) in [5, 5.41) is 0. The number of hydrogen-bond acceptors (Lipinski definition) is 4. The fourth-order valence-electron chi connectivity index (χ4n) is 2.34. The molecular formula is C14H17FO4. The summed E-state index contributed by atoms with van der Waals surface area (Å²) in [4.78, 5) is 12.1. The van der Waals surface area contributed by atoms with Gasteiger partial charge in [0.1, 0.15) is 23.2 Å². The summed E-state index contributed by atoms with van der Waals surface area (Å²) in [7, 11) is 3.02. The molecule has 2 rings (SSSR count). The maximum absolute atomic E-state index is 13.2. The van der Waals surface area contributed by atoms with Crippen LogP contribution < -0.4 is 4.74 Å². The molecule has 0 aromatic heterocycles. The van der Waals surface area contributed by atoms with E-state index in [2.05, 4.69) is 0 Å². The Hall–Kier alpha value is -1.62. The molecule has 19 heavy (non-hydrogen) atoms. The predicted octanol–water partition coefficient (Wildman–Crippen LogP) is 2.56. The number of esters is 1. The largest absolute Gasteiger partial charge is 0.496 e. The first kappa shape index (κ1) is 13.8. The van der Waals surface area contributed by atoms with Crippen molar-refractivity contribution in [3.63, 3.8) is 0 Å². The van der Waals surface area contributed by atoms with Crippen LogP contribution in [0.4, 0.5) is 4.39 Å². The van der Waals surface area contributed by atoms with Gasteiger partial charge in [-0.1, -0.05) is 0 Å². The van der Waals surface area contributed by atoms with Crippen molar-refractivity contribution in [1.82, 2.24) is 0 Å². The fraction of sp³-hybridized carbons (Fsp3) is 0.500. The van der Waals surface area contributed by atoms with Gasteiger partial charge >= 0.3 is 5.97 Å². The van der Waals surface area contributed by atoms with E-state index in [4.69, 9.17) is 14.2 Å². The average Bonchev–Trinajstić information content (AvgIpc) is 2.85. The molecule has 1 fully saturated rings. The van der Waals surface area contributed by atoms with E-state index < -0.39 is 11.8 Å². The summed E-state index contributed by atoms with van der Waals surface area (Å²) >= 11 is 0. The minimum atomic E-state index is -0.578. The lowest BCUT2D eigenvalue weighted by molar-refractivity contribution is -0.0208. The lowest BCUT2D eigenvalue weighted by Crippen LogP contribution is -2.27. The van der Waals surface area contributed by atoms with Gasteiger partial charge < -0.3 is 14.2 Å². The van der Waals surface area contributed by atoms with E-state index in [0.717, 1.165) is 25.3 Å². The molecule has 1 aliphatic carbocycles. The Morgan fingerprint density at radius 1 is 1.26 bits per heavy atom. The molecule has 1 aromatic rings. The molecule has 0 saturated heterocycles. The van der Waals surface area contributed by atoms with Crippen molar-refractivity contribution in [2.75, 3.05) is 14.2 Å². The number of ether oxygens (including phenoxy) is 3. The molecule has 0 bridgehead atoms. The van der Waals surface area contributed by atoms with E-state index in [1.54, 1.807) is 7.11 Å². The van der Waals surface area contributed by atoms with Crippen LogP contribution in [0.2, 0.25) is 0 Å². The van der Waals surface area contributed by atoms with Crippen LogP contribution in [-0.2, 0) is 9.47 Å². The first-order chi connectivity index (χ1) is 9.15. The fourth-order valence-corrected chi connectivity index (χ4v) is 2.34. The van der Waals surface area contributed by atoms with Gasteiger partial charge in [-0.05, 0) is 37.5 Å². The SMILES string of the molecule is COc1ccc(F)cc1C(=O)O[C@H]1CCC[C@H]1OC. The van der Waals surface area contributed by atoms with Crippen LogP contribution in [0.25, 0.3) is 0 Å². The molecule has 0 spiro atoms. The molecule has 1 aromatic carbocycles. The van der Waals surface area contributed by atoms with Crippen molar-refractivity contribution in [3.8, 4) is 5.75 Å². The summed E-state index contributed by atoms with van der Waals surface area (Å²) < 4.78 is 28.9. The highest BCUT2D eigenvalue weighted by molar-refractivity contribution is 5.92. The molecule has 1 aliphatic rings. The van der Waals surface area contributed by atoms with Crippen molar-refractivity contribution in [1.29, 1.82) is 0 Å². The Balaban J connectivity index is 2.13. The van der Waals surface area contributed by atoms with Crippen LogP contribution in [-0.4, -0.2) is 32.4 Å². The first-order valence-electron chi connectivity index (χ1n) is 6.23. The van der Waals surface area contributed by atoms with Crippen molar-refractivity contribution in [3.05, 3.63) is 29.6 Å². The number of rotatable bonds is 4. The smallest absolute Gasteiger partial charge is 0.342 e. The highest BCUT2D eigenvalue weighted by atomic mass is 19.1. The van der Waals surface area contributed by atoms with Crippen LogP contribution in [0.1, 0.15) is 29.6 Å². The summed E-state index contributed by atoms with van der Waals surface area (Å²) in [5.74, 6) is -0.772. The molecule has 0 aliphatic heterocycles. The van der Waals surface area contributed by atoms with Crippen molar-refractivity contribution in [2.24, 2.45) is 0 Å². The van der Waals surface area contributed by atoms with Gasteiger partial charge in [0.15, 0.2) is 0 Å². The van der Waals surface area contributed by atoms with Crippen LogP contribution in [0.3, 0.4) is 0 Å². The van der Waals surface area contributed by atoms with Crippen LogP contribution >= 0.6 is 0 Å². The van der Waals surface area contributed by atoms with E-state index in [0.29, 0.717) is 5.75 Å². The minimum Gasteiger partial charge on any atom is -0.496 e. The Labute approximate surface area is 111 Å². The number of halogens is 1. The second-order valence-electron chi connectivity index (χ2n) is 4.49. The molecule has 4 nitrogen and oxygen atoms in total. The average molecular weight is 268 g/mol. The summed E-state index contributed by atoms with van der Waals surface area (Å²) in [6.45, 7) is 0. The number of benzene rings is 1. The zero-order chi connectivity index (χ0) is 13.8. The van der Waals surface area contributed by atoms with Gasteiger partial charge in [0.25, 0.3) is 0 Å². The standard InChI is InChI=1S/C14H17FO4/c1-17-11-7-6-9(15)8-10(11)14(16)19-13-5-3-4-12(13)18-2/h6-8,12-13H,3-5H2,1-2H3/t12-,13+/m1/s1. The molecule has 0 amide bonds. The molecule has 0 N–H and O–H groups in total. The maximum atomic E-state index is 13.2. The van der Waals surface area contributed by atoms with Crippen molar-refractivity contribution < 1.29 is 23.4 Å². The molecule has 2 atom stereocenters. The zero-order valence-electron chi connectivity index (χ0n) is 11.0. The molecular weight excluding hydrogens is 251 g/mol. The summed E-state index contributed by atoms with van der Waals surface area (Å²) in [5.41, 5.74) is 0.101. The summed E-state index contributed by atoms with van der Waals surface area (Å²) in [6, 6.07) is 3.77. The van der Waals surface area contributed by atoms with Crippen LogP contribution in [0.15, 0.2) is 18.2 Å². The molecule has 0 heterocycles. The highest BCUT2D eigenvalue weighted by Gasteiger charge is 2.31. The normalized spacial score (nSPS) is 22.3. The van der Waals surface area contributed by atoms with Gasteiger partial charge in [0.05, 0.1) is 13.2 Å². The van der Waals surface area contributed by atoms with Gasteiger partial charge in [-0.25, -0.2) is 9.18 Å². The monoisotopic (exact) mass is 268 g/mol. The van der Waals surface area contributed by atoms with Gasteiger partial charge in [-0.15, -0.1) is 0 Å². The third-order valence-corrected chi connectivity index (χ3v) is 3.33. The van der Waals surface area contributed by atoms with E-state index in [-0.39, 0.29) is 17.8 Å². The van der Waals surface area contributed by atoms with Crippen molar-refractivity contribution in [2.45, 2.75) is 31.5 Å². The molecule has 0 unspecified atom stereocenters. The topological polar surface area (TPSA) is 44.8 Å². The molecule has 5 heteroatoms. The third kappa shape index (κ3) is 3.04. The molecule has 0 radical (unpaired) electrons. The van der Waals surface area contributed by atoms with Gasteiger partial charge in [-0.3, -0.25) is 0 Å². The van der Waals surface area contributed by atoms with Gasteiger partial charge in [-0.2, -0.15) is 0 Å². The number of carbonyl (C=O) groups is 1.